The number of hydrogen-bond acceptors (Lipinski definition) is 8. The maximum absolute atomic E-state index is 11.9. The van der Waals surface area contributed by atoms with Crippen LogP contribution in [-0.4, -0.2) is 39.0 Å². The molecule has 21 heavy (non-hydrogen) atoms. The van der Waals surface area contributed by atoms with E-state index in [2.05, 4.69) is 5.32 Å². The van der Waals surface area contributed by atoms with Gasteiger partial charge in [-0.2, -0.15) is 5.26 Å². The summed E-state index contributed by atoms with van der Waals surface area (Å²) in [4.78, 5) is 12.1. The number of ether oxygens (including phenoxy) is 1. The van der Waals surface area contributed by atoms with Crippen LogP contribution in [0.5, 0.6) is 0 Å². The number of nitrogen functional groups attached to an aromatic ring is 1. The minimum Gasteiger partial charge on any atom is -0.462 e. The van der Waals surface area contributed by atoms with E-state index in [-0.39, 0.29) is 40.8 Å². The fourth-order valence-electron chi connectivity index (χ4n) is 1.52. The molecule has 7 nitrogen and oxygen atoms in total. The smallest absolute Gasteiger partial charge is 0.343 e. The molecule has 0 fully saturated rings. The van der Waals surface area contributed by atoms with Crippen molar-refractivity contribution in [3.05, 3.63) is 10.4 Å². The Morgan fingerprint density at radius 2 is 2.14 bits per heavy atom. The molecule has 0 saturated heterocycles. The summed E-state index contributed by atoms with van der Waals surface area (Å²) in [6, 6.07) is 1.90. The van der Waals surface area contributed by atoms with Crippen LogP contribution in [0.15, 0.2) is 0 Å². The fraction of sp³-hybridized carbons (Fsp3) is 0.500. The lowest BCUT2D eigenvalue weighted by Gasteiger charge is -2.07. The first-order valence-electron chi connectivity index (χ1n) is 6.30. The largest absolute Gasteiger partial charge is 0.462 e. The topological polar surface area (TPSA) is 122 Å². The van der Waals surface area contributed by atoms with E-state index in [1.54, 1.807) is 13.8 Å². The monoisotopic (exact) mass is 331 g/mol. The van der Waals surface area contributed by atoms with Crippen LogP contribution in [0.3, 0.4) is 0 Å². The number of carbonyl (C=O) groups is 1. The first kappa shape index (κ1) is 17.3. The number of thiophene rings is 1. The SMILES string of the molecule is CCOC(=O)c1c(NCCS(=O)(=O)CC)sc(C#N)c1N. The Labute approximate surface area is 127 Å². The highest BCUT2D eigenvalue weighted by atomic mass is 32.2. The van der Waals surface area contributed by atoms with E-state index in [0.29, 0.717) is 5.00 Å². The van der Waals surface area contributed by atoms with Crippen molar-refractivity contribution in [1.82, 2.24) is 0 Å². The van der Waals surface area contributed by atoms with Crippen LogP contribution in [0, 0.1) is 11.3 Å². The summed E-state index contributed by atoms with van der Waals surface area (Å²) in [5, 5.41) is 12.2. The second kappa shape index (κ2) is 7.28. The van der Waals surface area contributed by atoms with Gasteiger partial charge in [-0.3, -0.25) is 0 Å². The van der Waals surface area contributed by atoms with E-state index < -0.39 is 15.8 Å². The highest BCUT2D eigenvalue weighted by Gasteiger charge is 2.23. The molecule has 0 unspecified atom stereocenters. The predicted molar refractivity (Wildman–Crippen MR) is 82.2 cm³/mol. The number of nitrogens with two attached hydrogens (primary N) is 1. The number of hydrogen-bond donors (Lipinski definition) is 2. The highest BCUT2D eigenvalue weighted by Crippen LogP contribution is 2.35. The van der Waals surface area contributed by atoms with Gasteiger partial charge < -0.3 is 15.8 Å². The number of anilines is 2. The van der Waals surface area contributed by atoms with Crippen LogP contribution in [-0.2, 0) is 14.6 Å². The van der Waals surface area contributed by atoms with Gasteiger partial charge in [0.25, 0.3) is 0 Å². The third kappa shape index (κ3) is 4.34. The molecule has 0 aliphatic carbocycles. The van der Waals surface area contributed by atoms with Crippen molar-refractivity contribution in [1.29, 1.82) is 5.26 Å². The average molecular weight is 331 g/mol. The van der Waals surface area contributed by atoms with Crippen molar-refractivity contribution < 1.29 is 17.9 Å². The second-order valence-electron chi connectivity index (χ2n) is 4.04. The Kier molecular flexibility index (Phi) is 5.99. The lowest BCUT2D eigenvalue weighted by atomic mass is 10.2. The third-order valence-electron chi connectivity index (χ3n) is 2.66. The van der Waals surface area contributed by atoms with Crippen molar-refractivity contribution >= 4 is 37.8 Å². The van der Waals surface area contributed by atoms with E-state index in [4.69, 9.17) is 15.7 Å². The molecule has 0 bridgehead atoms. The molecule has 1 heterocycles. The van der Waals surface area contributed by atoms with Crippen LogP contribution >= 0.6 is 11.3 Å². The second-order valence-corrected chi connectivity index (χ2v) is 7.54. The Morgan fingerprint density at radius 1 is 1.48 bits per heavy atom. The first-order valence-corrected chi connectivity index (χ1v) is 8.93. The maximum Gasteiger partial charge on any atom is 0.343 e. The summed E-state index contributed by atoms with van der Waals surface area (Å²) >= 11 is 1.01. The molecule has 1 aromatic rings. The minimum atomic E-state index is -3.11. The minimum absolute atomic E-state index is 0.0510. The highest BCUT2D eigenvalue weighted by molar-refractivity contribution is 7.91. The van der Waals surface area contributed by atoms with Gasteiger partial charge >= 0.3 is 5.97 Å². The van der Waals surface area contributed by atoms with Crippen molar-refractivity contribution in [2.45, 2.75) is 13.8 Å². The number of nitrogens with zero attached hydrogens (tertiary/aromatic N) is 1. The van der Waals surface area contributed by atoms with Gasteiger partial charge in [0, 0.05) is 12.3 Å². The Bertz CT molecular complexity index is 659. The molecule has 0 radical (unpaired) electrons. The van der Waals surface area contributed by atoms with E-state index >= 15 is 0 Å². The fourth-order valence-corrected chi connectivity index (χ4v) is 3.15. The lowest BCUT2D eigenvalue weighted by Crippen LogP contribution is -2.18. The number of sulfone groups is 1. The first-order chi connectivity index (χ1) is 9.86. The van der Waals surface area contributed by atoms with Gasteiger partial charge in [0.2, 0.25) is 0 Å². The number of rotatable bonds is 7. The Balaban J connectivity index is 2.96. The van der Waals surface area contributed by atoms with Crippen LogP contribution < -0.4 is 11.1 Å². The summed E-state index contributed by atoms with van der Waals surface area (Å²) in [5.41, 5.74) is 5.91. The van der Waals surface area contributed by atoms with E-state index in [9.17, 15) is 13.2 Å². The van der Waals surface area contributed by atoms with Crippen LogP contribution in [0.25, 0.3) is 0 Å². The van der Waals surface area contributed by atoms with Crippen molar-refractivity contribution in [2.75, 3.05) is 35.7 Å². The van der Waals surface area contributed by atoms with Crippen molar-refractivity contribution in [3.8, 4) is 6.07 Å². The Hall–Kier alpha value is -1.79. The van der Waals surface area contributed by atoms with E-state index in [1.165, 1.54) is 0 Å². The normalized spacial score (nSPS) is 10.9. The summed E-state index contributed by atoms with van der Waals surface area (Å²) in [6.45, 7) is 3.54. The molecular formula is C12H17N3O4S2. The maximum atomic E-state index is 11.9. The molecule has 0 spiro atoms. The van der Waals surface area contributed by atoms with Gasteiger partial charge in [-0.15, -0.1) is 11.3 Å². The van der Waals surface area contributed by atoms with E-state index in [0.717, 1.165) is 11.3 Å². The van der Waals surface area contributed by atoms with Gasteiger partial charge in [-0.25, -0.2) is 13.2 Å². The zero-order valence-electron chi connectivity index (χ0n) is 11.8. The summed E-state index contributed by atoms with van der Waals surface area (Å²) in [6.07, 6.45) is 0. The van der Waals surface area contributed by atoms with Gasteiger partial charge in [0.15, 0.2) is 9.84 Å². The third-order valence-corrected chi connectivity index (χ3v) is 5.44. The number of esters is 1. The van der Waals surface area contributed by atoms with E-state index in [1.807, 2.05) is 6.07 Å². The summed E-state index contributed by atoms with van der Waals surface area (Å²) < 4.78 is 27.8. The van der Waals surface area contributed by atoms with Gasteiger partial charge in [-0.1, -0.05) is 6.92 Å². The average Bonchev–Trinajstić information content (AvgIpc) is 2.75. The van der Waals surface area contributed by atoms with Crippen molar-refractivity contribution in [3.63, 3.8) is 0 Å². The lowest BCUT2D eigenvalue weighted by molar-refractivity contribution is 0.0529. The predicted octanol–water partition coefficient (Wildman–Crippen LogP) is 1.23. The molecule has 3 N–H and O–H groups in total. The van der Waals surface area contributed by atoms with Crippen LogP contribution in [0.1, 0.15) is 29.1 Å². The summed E-state index contributed by atoms with van der Waals surface area (Å²) in [7, 11) is -3.11. The zero-order valence-corrected chi connectivity index (χ0v) is 13.4. The molecule has 0 atom stereocenters. The van der Waals surface area contributed by atoms with Crippen LogP contribution in [0.4, 0.5) is 10.7 Å². The van der Waals surface area contributed by atoms with Gasteiger partial charge in [0.1, 0.15) is 21.5 Å². The molecule has 0 aromatic carbocycles. The number of carbonyl (C=O) groups excluding carboxylic acids is 1. The number of nitrogens with one attached hydrogen (secondary N) is 1. The van der Waals surface area contributed by atoms with Crippen LogP contribution in [0.2, 0.25) is 0 Å². The number of nitriles is 1. The van der Waals surface area contributed by atoms with Crippen molar-refractivity contribution in [2.24, 2.45) is 0 Å². The van der Waals surface area contributed by atoms with Gasteiger partial charge in [0.05, 0.1) is 18.0 Å². The molecule has 1 rings (SSSR count). The molecule has 0 saturated carbocycles. The molecular weight excluding hydrogens is 314 g/mol. The molecule has 0 amide bonds. The molecule has 1 aromatic heterocycles. The Morgan fingerprint density at radius 3 is 2.67 bits per heavy atom. The van der Waals surface area contributed by atoms with Gasteiger partial charge in [-0.05, 0) is 6.92 Å². The molecule has 9 heteroatoms. The zero-order chi connectivity index (χ0) is 16.0. The standard InChI is InChI=1S/C12H17N3O4S2/c1-3-19-12(16)9-10(14)8(7-13)20-11(9)15-5-6-21(17,18)4-2/h15H,3-6,14H2,1-2H3. The molecule has 116 valence electrons. The quantitative estimate of drug-likeness (QED) is 0.720. The molecule has 0 aliphatic heterocycles. The summed E-state index contributed by atoms with van der Waals surface area (Å²) in [5.74, 6) is -0.644. The molecule has 0 aliphatic rings.